The third kappa shape index (κ3) is 45.1. The molecule has 1 rings (SSSR count). The second kappa shape index (κ2) is 56.0. The summed E-state index contributed by atoms with van der Waals surface area (Å²) in [6.07, 6.45) is 65.3. The van der Waals surface area contributed by atoms with E-state index in [0.29, 0.717) is 12.8 Å². The van der Waals surface area contributed by atoms with E-state index in [-0.39, 0.29) is 12.5 Å². The van der Waals surface area contributed by atoms with Crippen LogP contribution >= 0.6 is 0 Å². The SMILES string of the molecule is CCCCCCC/C=C\C/C=C\CCCCCCCCCCCCCCCCCCCCCCCCCCCC(=O)NC(COC1OC(CO)C(O)C(O)C1O)C(O)CCCCCCCCCCCCCCCCC. The van der Waals surface area contributed by atoms with Crippen LogP contribution in [-0.4, -0.2) is 87.5 Å². The molecule has 6 N–H and O–H groups in total. The fraction of sp³-hybridized carbons (Fsp3) is 0.924. The van der Waals surface area contributed by atoms with Crippen molar-refractivity contribution >= 4 is 5.91 Å². The highest BCUT2D eigenvalue weighted by Crippen LogP contribution is 2.24. The van der Waals surface area contributed by atoms with Crippen molar-refractivity contribution in [1.82, 2.24) is 5.32 Å². The van der Waals surface area contributed by atoms with Gasteiger partial charge in [-0.15, -0.1) is 0 Å². The molecule has 1 amide bonds. The number of unbranched alkanes of at least 4 members (excludes halogenated alkanes) is 44. The minimum absolute atomic E-state index is 0.133. The van der Waals surface area contributed by atoms with Gasteiger partial charge >= 0.3 is 0 Å². The molecule has 9 nitrogen and oxygen atoms in total. The number of amides is 1. The smallest absolute Gasteiger partial charge is 0.220 e. The average Bonchev–Trinajstić information content (AvgIpc) is 3.41. The van der Waals surface area contributed by atoms with E-state index in [1.807, 2.05) is 0 Å². The summed E-state index contributed by atoms with van der Waals surface area (Å²) in [7, 11) is 0. The Bertz CT molecular complexity index is 1230. The zero-order valence-corrected chi connectivity index (χ0v) is 49.6. The van der Waals surface area contributed by atoms with Crippen LogP contribution in [0, 0.1) is 0 Å². The van der Waals surface area contributed by atoms with E-state index in [0.717, 1.165) is 44.9 Å². The van der Waals surface area contributed by atoms with Gasteiger partial charge in [-0.3, -0.25) is 4.79 Å². The van der Waals surface area contributed by atoms with Crippen molar-refractivity contribution < 1.29 is 39.8 Å². The molecule has 0 aromatic heterocycles. The molecule has 7 unspecified atom stereocenters. The summed E-state index contributed by atoms with van der Waals surface area (Å²) in [5, 5.41) is 54.7. The Kier molecular flexibility index (Phi) is 53.5. The van der Waals surface area contributed by atoms with Crippen LogP contribution in [0.4, 0.5) is 0 Å². The molecule has 9 heteroatoms. The van der Waals surface area contributed by atoms with Gasteiger partial charge in [0, 0.05) is 6.42 Å². The van der Waals surface area contributed by atoms with Crippen LogP contribution in [-0.2, 0) is 14.3 Å². The number of hydrogen-bond donors (Lipinski definition) is 6. The van der Waals surface area contributed by atoms with Gasteiger partial charge in [0.1, 0.15) is 24.4 Å². The Morgan fingerprint density at radius 1 is 0.453 bits per heavy atom. The maximum Gasteiger partial charge on any atom is 0.220 e. The largest absolute Gasteiger partial charge is 0.394 e. The van der Waals surface area contributed by atoms with Crippen LogP contribution in [0.3, 0.4) is 0 Å². The van der Waals surface area contributed by atoms with Gasteiger partial charge in [0.15, 0.2) is 6.29 Å². The molecular formula is C66H127NO8. The summed E-state index contributed by atoms with van der Waals surface area (Å²) in [5.41, 5.74) is 0. The highest BCUT2D eigenvalue weighted by Gasteiger charge is 2.44. The minimum atomic E-state index is -1.55. The second-order valence-electron chi connectivity index (χ2n) is 23.3. The molecule has 1 aliphatic heterocycles. The van der Waals surface area contributed by atoms with Crippen LogP contribution < -0.4 is 5.32 Å². The van der Waals surface area contributed by atoms with Gasteiger partial charge in [0.05, 0.1) is 25.4 Å². The molecule has 0 aromatic carbocycles. The topological polar surface area (TPSA) is 149 Å². The van der Waals surface area contributed by atoms with E-state index in [4.69, 9.17) is 9.47 Å². The predicted molar refractivity (Wildman–Crippen MR) is 318 cm³/mol. The molecule has 0 aromatic rings. The number of carbonyl (C=O) groups excluding carboxylic acids is 1. The monoisotopic (exact) mass is 1060 g/mol. The third-order valence-corrected chi connectivity index (χ3v) is 16.1. The zero-order valence-electron chi connectivity index (χ0n) is 49.6. The van der Waals surface area contributed by atoms with Crippen molar-refractivity contribution in [2.24, 2.45) is 0 Å². The molecule has 0 saturated carbocycles. The number of allylic oxidation sites excluding steroid dienone is 4. The van der Waals surface area contributed by atoms with E-state index in [2.05, 4.69) is 43.5 Å². The van der Waals surface area contributed by atoms with Gasteiger partial charge in [0.2, 0.25) is 5.91 Å². The number of aliphatic hydroxyl groups excluding tert-OH is 5. The van der Waals surface area contributed by atoms with Gasteiger partial charge < -0.3 is 40.3 Å². The summed E-state index contributed by atoms with van der Waals surface area (Å²) in [6.45, 7) is 3.86. The van der Waals surface area contributed by atoms with E-state index < -0.39 is 49.5 Å². The Labute approximate surface area is 464 Å². The maximum atomic E-state index is 13.1. The van der Waals surface area contributed by atoms with Gasteiger partial charge in [0.25, 0.3) is 0 Å². The fourth-order valence-electron chi connectivity index (χ4n) is 10.8. The van der Waals surface area contributed by atoms with Crippen LogP contribution in [0.2, 0.25) is 0 Å². The molecule has 0 spiro atoms. The molecule has 1 saturated heterocycles. The van der Waals surface area contributed by atoms with Crippen molar-refractivity contribution in [3.05, 3.63) is 24.3 Å². The van der Waals surface area contributed by atoms with Crippen LogP contribution in [0.15, 0.2) is 24.3 Å². The van der Waals surface area contributed by atoms with Gasteiger partial charge in [-0.1, -0.05) is 308 Å². The molecule has 1 fully saturated rings. The van der Waals surface area contributed by atoms with E-state index in [1.165, 1.54) is 263 Å². The lowest BCUT2D eigenvalue weighted by molar-refractivity contribution is -0.302. The van der Waals surface area contributed by atoms with Crippen molar-refractivity contribution in [1.29, 1.82) is 0 Å². The molecule has 1 heterocycles. The van der Waals surface area contributed by atoms with Gasteiger partial charge in [-0.25, -0.2) is 0 Å². The van der Waals surface area contributed by atoms with Crippen molar-refractivity contribution in [2.75, 3.05) is 13.2 Å². The molecule has 444 valence electrons. The Morgan fingerprint density at radius 3 is 1.15 bits per heavy atom. The first-order valence-electron chi connectivity index (χ1n) is 33.0. The van der Waals surface area contributed by atoms with Gasteiger partial charge in [-0.2, -0.15) is 0 Å². The lowest BCUT2D eigenvalue weighted by Crippen LogP contribution is -2.60. The quantitative estimate of drug-likeness (QED) is 0.0261. The zero-order chi connectivity index (χ0) is 54.3. The van der Waals surface area contributed by atoms with Crippen LogP contribution in [0.25, 0.3) is 0 Å². The highest BCUT2D eigenvalue weighted by atomic mass is 16.7. The van der Waals surface area contributed by atoms with Gasteiger partial charge in [-0.05, 0) is 44.9 Å². The number of ether oxygens (including phenoxy) is 2. The van der Waals surface area contributed by atoms with Crippen molar-refractivity contribution in [2.45, 2.75) is 378 Å². The molecular weight excluding hydrogens is 935 g/mol. The van der Waals surface area contributed by atoms with Crippen molar-refractivity contribution in [3.63, 3.8) is 0 Å². The van der Waals surface area contributed by atoms with E-state index in [9.17, 15) is 30.3 Å². The molecule has 0 radical (unpaired) electrons. The van der Waals surface area contributed by atoms with Crippen LogP contribution in [0.1, 0.15) is 335 Å². The summed E-state index contributed by atoms with van der Waals surface area (Å²) in [4.78, 5) is 13.1. The third-order valence-electron chi connectivity index (χ3n) is 16.1. The first-order valence-corrected chi connectivity index (χ1v) is 33.0. The average molecular weight is 1060 g/mol. The summed E-state index contributed by atoms with van der Waals surface area (Å²) < 4.78 is 11.3. The standard InChI is InChI=1S/C66H127NO8/c1-3-5-7-9-11-13-15-17-19-20-21-22-23-24-25-26-27-28-29-30-31-32-33-34-35-36-37-38-39-40-42-44-46-48-50-52-54-56-62(70)67-59(58-74-66-65(73)64(72)63(71)61(57-68)75-66)60(69)55-53-51-49-47-45-43-41-18-16-14-12-10-8-6-4-2/h15,17,20-21,59-61,63-66,68-69,71-73H,3-14,16,18-19,22-58H2,1-2H3,(H,67,70)/b17-15-,21-20-. The lowest BCUT2D eigenvalue weighted by atomic mass is 9.99. The van der Waals surface area contributed by atoms with Crippen molar-refractivity contribution in [3.8, 4) is 0 Å². The van der Waals surface area contributed by atoms with E-state index >= 15 is 0 Å². The van der Waals surface area contributed by atoms with E-state index in [1.54, 1.807) is 0 Å². The Morgan fingerprint density at radius 2 is 0.787 bits per heavy atom. The number of hydrogen-bond acceptors (Lipinski definition) is 8. The molecule has 0 aliphatic carbocycles. The summed E-state index contributed by atoms with van der Waals surface area (Å²) in [6, 6.07) is -0.715. The highest BCUT2D eigenvalue weighted by molar-refractivity contribution is 5.76. The second-order valence-corrected chi connectivity index (χ2v) is 23.3. The fourth-order valence-corrected chi connectivity index (χ4v) is 10.8. The number of aliphatic hydroxyl groups is 5. The lowest BCUT2D eigenvalue weighted by Gasteiger charge is -2.40. The first kappa shape index (κ1) is 71.7. The maximum absolute atomic E-state index is 13.1. The first-order chi connectivity index (χ1) is 36.8. The number of rotatable bonds is 58. The summed E-state index contributed by atoms with van der Waals surface area (Å²) >= 11 is 0. The Hall–Kier alpha value is -1.33. The number of nitrogens with one attached hydrogen (secondary N) is 1. The minimum Gasteiger partial charge on any atom is -0.394 e. The molecule has 75 heavy (non-hydrogen) atoms. The van der Waals surface area contributed by atoms with Crippen LogP contribution in [0.5, 0.6) is 0 Å². The molecule has 7 atom stereocenters. The summed E-state index contributed by atoms with van der Waals surface area (Å²) in [5.74, 6) is -0.137. The Balaban J connectivity index is 2.04. The molecule has 1 aliphatic rings. The molecule has 0 bridgehead atoms. The predicted octanol–water partition coefficient (Wildman–Crippen LogP) is 17.3. The number of carbonyl (C=O) groups is 1. The normalized spacial score (nSPS) is 18.9.